The summed E-state index contributed by atoms with van der Waals surface area (Å²) in [6.07, 6.45) is -1.45. The molecule has 1 N–H and O–H groups in total. The van der Waals surface area contributed by atoms with Gasteiger partial charge in [-0.15, -0.1) is 0 Å². The third-order valence-electron chi connectivity index (χ3n) is 5.29. The van der Waals surface area contributed by atoms with Gasteiger partial charge in [0.05, 0.1) is 6.04 Å². The Morgan fingerprint density at radius 2 is 1.91 bits per heavy atom. The van der Waals surface area contributed by atoms with Crippen molar-refractivity contribution in [1.82, 2.24) is 15.1 Å². The van der Waals surface area contributed by atoms with Gasteiger partial charge in [-0.3, -0.25) is 9.59 Å². The minimum atomic E-state index is -2.95. The third kappa shape index (κ3) is 4.85. The molecule has 0 bridgehead atoms. The Hall–Kier alpha value is -3.55. The molecule has 3 rings (SSSR count). The van der Waals surface area contributed by atoms with Crippen LogP contribution in [0.2, 0.25) is 0 Å². The van der Waals surface area contributed by atoms with Crippen molar-refractivity contribution in [1.29, 1.82) is 0 Å². The Labute approximate surface area is 185 Å². The molecule has 0 radical (unpaired) electrons. The zero-order valence-corrected chi connectivity index (χ0v) is 18.4. The number of nitrogens with zero attached hydrogens (tertiary/aromatic N) is 2. The molecule has 1 atom stereocenters. The summed E-state index contributed by atoms with van der Waals surface area (Å²) in [6.45, 7) is 5.71. The molecule has 0 aliphatic carbocycles. The maximum Gasteiger partial charge on any atom is 0.283 e. The number of ether oxygens (including phenoxy) is 1. The number of hydrogen-bond donors (Lipinski definition) is 1. The number of halogens is 2. The van der Waals surface area contributed by atoms with Crippen LogP contribution < -0.4 is 10.1 Å². The largest absolute Gasteiger partial charge is 0.438 e. The fraction of sp³-hybridized carbons (Fsp3) is 0.292. The Morgan fingerprint density at radius 3 is 2.50 bits per heavy atom. The van der Waals surface area contributed by atoms with Crippen LogP contribution >= 0.6 is 0 Å². The normalized spacial score (nSPS) is 12.0. The number of aromatic nitrogens is 2. The second kappa shape index (κ2) is 9.72. The first kappa shape index (κ1) is 23.1. The van der Waals surface area contributed by atoms with E-state index in [4.69, 9.17) is 4.74 Å². The molecule has 0 fully saturated rings. The van der Waals surface area contributed by atoms with Crippen LogP contribution in [-0.4, -0.2) is 22.0 Å². The number of aldehydes is 1. The van der Waals surface area contributed by atoms with Gasteiger partial charge in [-0.25, -0.2) is 13.5 Å². The SMILES string of the molecule is CCc1cc(Oc2c(C(=O)NC(C)c3ccc(C=O)cc3)c(C(F)F)nn2C)ccc1C. The van der Waals surface area contributed by atoms with Crippen LogP contribution in [0.5, 0.6) is 11.6 Å². The van der Waals surface area contributed by atoms with Crippen molar-refractivity contribution >= 4 is 12.2 Å². The zero-order chi connectivity index (χ0) is 23.4. The minimum Gasteiger partial charge on any atom is -0.438 e. The molecular formula is C24H25F2N3O3. The number of nitrogens with one attached hydrogen (secondary N) is 1. The van der Waals surface area contributed by atoms with Crippen molar-refractivity contribution in [2.24, 2.45) is 7.05 Å². The smallest absolute Gasteiger partial charge is 0.283 e. The number of carbonyl (C=O) groups is 2. The molecule has 0 saturated heterocycles. The predicted molar refractivity (Wildman–Crippen MR) is 117 cm³/mol. The van der Waals surface area contributed by atoms with Crippen LogP contribution in [0.1, 0.15) is 69.4 Å². The highest BCUT2D eigenvalue weighted by Gasteiger charge is 2.30. The molecule has 1 aromatic heterocycles. The van der Waals surface area contributed by atoms with Gasteiger partial charge >= 0.3 is 0 Å². The van der Waals surface area contributed by atoms with Crippen LogP contribution in [0.3, 0.4) is 0 Å². The highest BCUT2D eigenvalue weighted by Crippen LogP contribution is 2.33. The fourth-order valence-electron chi connectivity index (χ4n) is 3.43. The summed E-state index contributed by atoms with van der Waals surface area (Å²) in [5.41, 5.74) is 2.41. The first-order valence-electron chi connectivity index (χ1n) is 10.2. The van der Waals surface area contributed by atoms with E-state index >= 15 is 0 Å². The summed E-state index contributed by atoms with van der Waals surface area (Å²) in [5, 5.41) is 6.55. The van der Waals surface area contributed by atoms with Crippen molar-refractivity contribution in [3.63, 3.8) is 0 Å². The fourth-order valence-corrected chi connectivity index (χ4v) is 3.43. The lowest BCUT2D eigenvalue weighted by molar-refractivity contribution is 0.0922. The van der Waals surface area contributed by atoms with Crippen molar-refractivity contribution < 1.29 is 23.1 Å². The van der Waals surface area contributed by atoms with Crippen LogP contribution in [0.25, 0.3) is 0 Å². The van der Waals surface area contributed by atoms with E-state index in [9.17, 15) is 18.4 Å². The molecule has 0 saturated carbocycles. The average molecular weight is 441 g/mol. The van der Waals surface area contributed by atoms with Gasteiger partial charge in [0.1, 0.15) is 23.3 Å². The third-order valence-corrected chi connectivity index (χ3v) is 5.29. The molecule has 0 aliphatic rings. The van der Waals surface area contributed by atoms with E-state index in [1.807, 2.05) is 26.0 Å². The standard InChI is InChI=1S/C24H25F2N3O3/c1-5-17-12-19(11-6-14(17)2)32-24-20(21(22(25)26)28-29(24)4)23(31)27-15(3)18-9-7-16(13-30)8-10-18/h6-13,15,22H,5H2,1-4H3,(H,27,31). The van der Waals surface area contributed by atoms with Gasteiger partial charge in [-0.1, -0.05) is 37.3 Å². The van der Waals surface area contributed by atoms with E-state index < -0.39 is 24.1 Å². The van der Waals surface area contributed by atoms with Crippen LogP contribution in [0.4, 0.5) is 8.78 Å². The first-order valence-corrected chi connectivity index (χ1v) is 10.2. The average Bonchev–Trinajstić information content (AvgIpc) is 3.11. The molecular weight excluding hydrogens is 416 g/mol. The molecule has 32 heavy (non-hydrogen) atoms. The van der Waals surface area contributed by atoms with Crippen LogP contribution in [0.15, 0.2) is 42.5 Å². The van der Waals surface area contributed by atoms with E-state index in [0.29, 0.717) is 11.3 Å². The predicted octanol–water partition coefficient (Wildman–Crippen LogP) is 5.32. The lowest BCUT2D eigenvalue weighted by atomic mass is 10.1. The molecule has 1 amide bonds. The molecule has 0 spiro atoms. The molecule has 3 aromatic rings. The quantitative estimate of drug-likeness (QED) is 0.480. The Bertz CT molecular complexity index is 1120. The number of hydrogen-bond acceptors (Lipinski definition) is 4. The molecule has 8 heteroatoms. The summed E-state index contributed by atoms with van der Waals surface area (Å²) in [5.74, 6) is -0.354. The van der Waals surface area contributed by atoms with E-state index in [1.165, 1.54) is 7.05 Å². The number of rotatable bonds is 8. The summed E-state index contributed by atoms with van der Waals surface area (Å²) >= 11 is 0. The molecule has 1 heterocycles. The van der Waals surface area contributed by atoms with Gasteiger partial charge in [0.15, 0.2) is 0 Å². The molecule has 1 unspecified atom stereocenters. The molecule has 0 aliphatic heterocycles. The molecule has 6 nitrogen and oxygen atoms in total. The monoisotopic (exact) mass is 441 g/mol. The highest BCUT2D eigenvalue weighted by molar-refractivity contribution is 5.98. The second-order valence-corrected chi connectivity index (χ2v) is 7.51. The van der Waals surface area contributed by atoms with Gasteiger partial charge in [0.25, 0.3) is 12.3 Å². The Balaban J connectivity index is 1.93. The van der Waals surface area contributed by atoms with E-state index in [0.717, 1.165) is 34.1 Å². The summed E-state index contributed by atoms with van der Waals surface area (Å²) in [6, 6.07) is 11.6. The van der Waals surface area contributed by atoms with Crippen molar-refractivity contribution in [3.8, 4) is 11.6 Å². The summed E-state index contributed by atoms with van der Waals surface area (Å²) in [4.78, 5) is 23.9. The van der Waals surface area contributed by atoms with E-state index in [2.05, 4.69) is 10.4 Å². The van der Waals surface area contributed by atoms with E-state index in [1.54, 1.807) is 37.3 Å². The first-order chi connectivity index (χ1) is 15.2. The lowest BCUT2D eigenvalue weighted by Crippen LogP contribution is -2.27. The Morgan fingerprint density at radius 1 is 1.22 bits per heavy atom. The minimum absolute atomic E-state index is 0.0628. The van der Waals surface area contributed by atoms with E-state index in [-0.39, 0.29) is 11.4 Å². The number of benzene rings is 2. The number of carbonyl (C=O) groups excluding carboxylic acids is 2. The van der Waals surface area contributed by atoms with Crippen LogP contribution in [0, 0.1) is 6.92 Å². The number of aryl methyl sites for hydroxylation is 3. The zero-order valence-electron chi connectivity index (χ0n) is 18.4. The van der Waals surface area contributed by atoms with Crippen LogP contribution in [-0.2, 0) is 13.5 Å². The van der Waals surface area contributed by atoms with Gasteiger partial charge in [-0.05, 0) is 49.1 Å². The van der Waals surface area contributed by atoms with Gasteiger partial charge in [0.2, 0.25) is 5.88 Å². The number of alkyl halides is 2. The topological polar surface area (TPSA) is 73.2 Å². The maximum absolute atomic E-state index is 13.7. The highest BCUT2D eigenvalue weighted by atomic mass is 19.3. The summed E-state index contributed by atoms with van der Waals surface area (Å²) in [7, 11) is 1.45. The Kier molecular flexibility index (Phi) is 7.02. The van der Waals surface area contributed by atoms with Gasteiger partial charge in [0, 0.05) is 12.6 Å². The van der Waals surface area contributed by atoms with Crippen molar-refractivity contribution in [3.05, 3.63) is 76.0 Å². The maximum atomic E-state index is 13.7. The second-order valence-electron chi connectivity index (χ2n) is 7.51. The lowest BCUT2D eigenvalue weighted by Gasteiger charge is -2.16. The van der Waals surface area contributed by atoms with Crippen molar-refractivity contribution in [2.75, 3.05) is 0 Å². The van der Waals surface area contributed by atoms with Gasteiger partial charge < -0.3 is 10.1 Å². The van der Waals surface area contributed by atoms with Crippen molar-refractivity contribution in [2.45, 2.75) is 39.7 Å². The molecule has 168 valence electrons. The van der Waals surface area contributed by atoms with Gasteiger partial charge in [-0.2, -0.15) is 5.10 Å². The summed E-state index contributed by atoms with van der Waals surface area (Å²) < 4.78 is 34.4. The number of amides is 1. The molecule has 2 aromatic carbocycles.